The molecule has 0 amide bonds. The van der Waals surface area contributed by atoms with E-state index >= 15 is 0 Å². The monoisotopic (exact) mass is 430 g/mol. The predicted octanol–water partition coefficient (Wildman–Crippen LogP) is 7.11. The number of hydrogen-bond donors (Lipinski definition) is 1. The summed E-state index contributed by atoms with van der Waals surface area (Å²) in [5.74, 6) is 0.807. The summed E-state index contributed by atoms with van der Waals surface area (Å²) in [4.78, 5) is 4.93. The Bertz CT molecular complexity index is 1310. The van der Waals surface area contributed by atoms with Gasteiger partial charge >= 0.3 is 0 Å². The molecule has 0 fully saturated rings. The van der Waals surface area contributed by atoms with E-state index in [1.54, 1.807) is 0 Å². The molecule has 0 aliphatic heterocycles. The van der Waals surface area contributed by atoms with Gasteiger partial charge in [0.2, 0.25) is 0 Å². The van der Waals surface area contributed by atoms with Crippen molar-refractivity contribution >= 4 is 40.4 Å². The maximum atomic E-state index is 6.07. The summed E-state index contributed by atoms with van der Waals surface area (Å²) >= 11 is 12.1. The number of nitrogens with one attached hydrogen (secondary N) is 1. The lowest BCUT2D eigenvalue weighted by atomic mass is 10.1. The first-order valence-electron chi connectivity index (χ1n) is 9.40. The maximum absolute atomic E-state index is 6.07. The van der Waals surface area contributed by atoms with E-state index in [9.17, 15) is 0 Å². The third kappa shape index (κ3) is 3.63. The molecule has 0 atom stereocenters. The van der Waals surface area contributed by atoms with Gasteiger partial charge in [-0.05, 0) is 42.0 Å². The van der Waals surface area contributed by atoms with Crippen LogP contribution < -0.4 is 5.32 Å². The van der Waals surface area contributed by atoms with Crippen LogP contribution in [-0.4, -0.2) is 14.6 Å². The normalized spacial score (nSPS) is 11.0. The molecule has 5 rings (SSSR count). The van der Waals surface area contributed by atoms with Gasteiger partial charge in [-0.1, -0.05) is 65.7 Å². The zero-order valence-corrected chi connectivity index (χ0v) is 17.3. The van der Waals surface area contributed by atoms with Crippen LogP contribution >= 0.6 is 23.2 Å². The number of aromatic nitrogens is 3. The number of anilines is 2. The molecule has 3 aromatic carbocycles. The fraction of sp³-hybridized carbons (Fsp3) is 0. The van der Waals surface area contributed by atoms with Crippen molar-refractivity contribution in [3.63, 3.8) is 0 Å². The Balaban J connectivity index is 1.69. The Kier molecular flexibility index (Phi) is 4.87. The summed E-state index contributed by atoms with van der Waals surface area (Å²) in [5.41, 5.74) is 5.50. The van der Waals surface area contributed by atoms with Crippen molar-refractivity contribution in [2.24, 2.45) is 0 Å². The zero-order valence-electron chi connectivity index (χ0n) is 15.8. The first-order valence-corrected chi connectivity index (χ1v) is 10.2. The molecule has 0 spiro atoms. The minimum Gasteiger partial charge on any atom is -0.340 e. The minimum absolute atomic E-state index is 0.689. The third-order valence-corrected chi connectivity index (χ3v) is 5.32. The van der Waals surface area contributed by atoms with Crippen LogP contribution in [0.15, 0.2) is 91.1 Å². The fourth-order valence-electron chi connectivity index (χ4n) is 3.32. The predicted molar refractivity (Wildman–Crippen MR) is 124 cm³/mol. The van der Waals surface area contributed by atoms with Gasteiger partial charge in [0.25, 0.3) is 0 Å². The van der Waals surface area contributed by atoms with Crippen LogP contribution in [0, 0.1) is 0 Å². The van der Waals surface area contributed by atoms with E-state index < -0.39 is 0 Å². The molecule has 146 valence electrons. The van der Waals surface area contributed by atoms with Crippen molar-refractivity contribution < 1.29 is 0 Å². The number of nitrogens with zero attached hydrogens (tertiary/aromatic N) is 3. The number of hydrogen-bond acceptors (Lipinski definition) is 3. The Labute approximate surface area is 183 Å². The molecule has 30 heavy (non-hydrogen) atoms. The summed E-state index contributed by atoms with van der Waals surface area (Å²) in [6, 6.07) is 27.3. The lowest BCUT2D eigenvalue weighted by Gasteiger charge is -2.11. The Morgan fingerprint density at radius 2 is 1.40 bits per heavy atom. The SMILES string of the molecule is Clc1ccc(Nc2cc(-c3ccccc3)nc3c(-c4ccc(Cl)cc4)cnn23)cc1. The molecule has 0 aliphatic carbocycles. The van der Waals surface area contributed by atoms with Crippen LogP contribution in [0.25, 0.3) is 28.0 Å². The maximum Gasteiger partial charge on any atom is 0.165 e. The largest absolute Gasteiger partial charge is 0.340 e. The van der Waals surface area contributed by atoms with E-state index in [0.717, 1.165) is 39.5 Å². The fourth-order valence-corrected chi connectivity index (χ4v) is 3.57. The molecule has 2 aromatic heterocycles. The van der Waals surface area contributed by atoms with Crippen molar-refractivity contribution in [2.75, 3.05) is 5.32 Å². The minimum atomic E-state index is 0.689. The highest BCUT2D eigenvalue weighted by Gasteiger charge is 2.14. The number of fused-ring (bicyclic) bond motifs is 1. The lowest BCUT2D eigenvalue weighted by molar-refractivity contribution is 0.949. The molecule has 0 radical (unpaired) electrons. The molecule has 0 bridgehead atoms. The van der Waals surface area contributed by atoms with Crippen molar-refractivity contribution in [1.29, 1.82) is 0 Å². The second-order valence-electron chi connectivity index (χ2n) is 6.83. The molecule has 1 N–H and O–H groups in total. The van der Waals surface area contributed by atoms with Gasteiger partial charge in [-0.3, -0.25) is 0 Å². The summed E-state index contributed by atoms with van der Waals surface area (Å²) < 4.78 is 1.81. The second-order valence-corrected chi connectivity index (χ2v) is 7.70. The Morgan fingerprint density at radius 3 is 2.10 bits per heavy atom. The van der Waals surface area contributed by atoms with Gasteiger partial charge in [0, 0.05) is 32.9 Å². The molecule has 0 saturated carbocycles. The first-order chi connectivity index (χ1) is 14.7. The van der Waals surface area contributed by atoms with Gasteiger partial charge in [0.1, 0.15) is 5.82 Å². The van der Waals surface area contributed by atoms with Crippen molar-refractivity contribution in [2.45, 2.75) is 0 Å². The molecule has 0 unspecified atom stereocenters. The van der Waals surface area contributed by atoms with E-state index in [1.807, 2.05) is 95.6 Å². The smallest absolute Gasteiger partial charge is 0.165 e. The highest BCUT2D eigenvalue weighted by Crippen LogP contribution is 2.31. The third-order valence-electron chi connectivity index (χ3n) is 4.81. The first kappa shape index (κ1) is 18.7. The quantitative estimate of drug-likeness (QED) is 0.330. The van der Waals surface area contributed by atoms with E-state index in [-0.39, 0.29) is 0 Å². The van der Waals surface area contributed by atoms with Crippen LogP contribution in [0.5, 0.6) is 0 Å². The zero-order chi connectivity index (χ0) is 20.5. The standard InChI is InChI=1S/C24H16Cl2N4/c25-18-8-6-16(7-9-18)21-15-27-30-23(28-20-12-10-19(26)11-13-20)14-22(29-24(21)30)17-4-2-1-3-5-17/h1-15,28H. The average molecular weight is 431 g/mol. The van der Waals surface area contributed by atoms with Gasteiger partial charge in [-0.15, -0.1) is 0 Å². The van der Waals surface area contributed by atoms with Crippen LogP contribution in [0.1, 0.15) is 0 Å². The Morgan fingerprint density at radius 1 is 0.733 bits per heavy atom. The van der Waals surface area contributed by atoms with E-state index in [1.165, 1.54) is 0 Å². The molecule has 2 heterocycles. The Hall–Kier alpha value is -3.34. The van der Waals surface area contributed by atoms with Crippen LogP contribution in [0.2, 0.25) is 10.0 Å². The van der Waals surface area contributed by atoms with Crippen molar-refractivity contribution in [3.8, 4) is 22.4 Å². The van der Waals surface area contributed by atoms with Gasteiger partial charge in [0.15, 0.2) is 5.65 Å². The molecular weight excluding hydrogens is 415 g/mol. The van der Waals surface area contributed by atoms with E-state index in [2.05, 4.69) is 10.4 Å². The summed E-state index contributed by atoms with van der Waals surface area (Å²) in [5, 5.41) is 9.42. The topological polar surface area (TPSA) is 42.2 Å². The van der Waals surface area contributed by atoms with Gasteiger partial charge < -0.3 is 5.32 Å². The summed E-state index contributed by atoms with van der Waals surface area (Å²) in [6.07, 6.45) is 1.83. The molecule has 4 nitrogen and oxygen atoms in total. The van der Waals surface area contributed by atoms with Crippen molar-refractivity contribution in [1.82, 2.24) is 14.6 Å². The highest BCUT2D eigenvalue weighted by molar-refractivity contribution is 6.30. The van der Waals surface area contributed by atoms with Crippen LogP contribution in [-0.2, 0) is 0 Å². The summed E-state index contributed by atoms with van der Waals surface area (Å²) in [7, 11) is 0. The van der Waals surface area contributed by atoms with Gasteiger partial charge in [-0.25, -0.2) is 4.98 Å². The van der Waals surface area contributed by atoms with E-state index in [4.69, 9.17) is 28.2 Å². The van der Waals surface area contributed by atoms with E-state index in [0.29, 0.717) is 10.0 Å². The van der Waals surface area contributed by atoms with Crippen LogP contribution in [0.4, 0.5) is 11.5 Å². The number of benzene rings is 3. The molecule has 6 heteroatoms. The lowest BCUT2D eigenvalue weighted by Crippen LogP contribution is -2.02. The number of halogens is 2. The van der Waals surface area contributed by atoms with Gasteiger partial charge in [0.05, 0.1) is 11.9 Å². The van der Waals surface area contributed by atoms with Crippen LogP contribution in [0.3, 0.4) is 0 Å². The average Bonchev–Trinajstić information content (AvgIpc) is 3.21. The molecule has 5 aromatic rings. The number of rotatable bonds is 4. The van der Waals surface area contributed by atoms with Crippen molar-refractivity contribution in [3.05, 3.63) is 101 Å². The highest BCUT2D eigenvalue weighted by atomic mass is 35.5. The molecular formula is C24H16Cl2N4. The summed E-state index contributed by atoms with van der Waals surface area (Å²) in [6.45, 7) is 0. The molecule has 0 aliphatic rings. The second kappa shape index (κ2) is 7.82. The van der Waals surface area contributed by atoms with Gasteiger partial charge in [-0.2, -0.15) is 9.61 Å². The molecule has 0 saturated heterocycles.